The van der Waals surface area contributed by atoms with Crippen LogP contribution in [0, 0.1) is 11.8 Å². The zero-order valence-corrected chi connectivity index (χ0v) is 23.1. The fourth-order valence-corrected chi connectivity index (χ4v) is 4.77. The summed E-state index contributed by atoms with van der Waals surface area (Å²) in [7, 11) is 0. The van der Waals surface area contributed by atoms with Crippen molar-refractivity contribution >= 4 is 45.7 Å². The van der Waals surface area contributed by atoms with E-state index < -0.39 is 0 Å². The molecule has 0 radical (unpaired) electrons. The zero-order chi connectivity index (χ0) is 27.3. The molecule has 0 saturated heterocycles. The van der Waals surface area contributed by atoms with Gasteiger partial charge in [-0.25, -0.2) is 0 Å². The van der Waals surface area contributed by atoms with Crippen molar-refractivity contribution in [3.8, 4) is 23.0 Å². The highest BCUT2D eigenvalue weighted by atomic mass is 32.2. The summed E-state index contributed by atoms with van der Waals surface area (Å²) in [6.45, 7) is 3.86. The molecule has 0 N–H and O–H groups in total. The number of esters is 2. The van der Waals surface area contributed by atoms with Crippen LogP contribution in [0.15, 0.2) is 48.5 Å². The predicted molar refractivity (Wildman–Crippen MR) is 147 cm³/mol. The second-order valence-electron chi connectivity index (χ2n) is 8.71. The molecule has 204 valence electrons. The first-order valence-corrected chi connectivity index (χ1v) is 14.4. The van der Waals surface area contributed by atoms with Gasteiger partial charge in [-0.2, -0.15) is 0 Å². The van der Waals surface area contributed by atoms with Crippen LogP contribution in [-0.4, -0.2) is 46.9 Å². The van der Waals surface area contributed by atoms with Crippen molar-refractivity contribution < 1.29 is 38.1 Å². The van der Waals surface area contributed by atoms with E-state index in [1.54, 1.807) is 48.5 Å². The summed E-state index contributed by atoms with van der Waals surface area (Å²) < 4.78 is 22.2. The molecule has 0 aliphatic heterocycles. The quantitative estimate of drug-likeness (QED) is 0.192. The van der Waals surface area contributed by atoms with Crippen molar-refractivity contribution in [1.82, 2.24) is 0 Å². The number of benzene rings is 2. The summed E-state index contributed by atoms with van der Waals surface area (Å²) in [6.07, 6.45) is 2.22. The smallest absolute Gasteiger partial charge is 0.314 e. The van der Waals surface area contributed by atoms with Crippen LogP contribution in [0.1, 0.15) is 39.5 Å². The molecular weight excluding hydrogens is 528 g/mol. The number of hydrogen-bond donors (Lipinski definition) is 0. The van der Waals surface area contributed by atoms with E-state index in [1.807, 2.05) is 0 Å². The van der Waals surface area contributed by atoms with Gasteiger partial charge in [-0.1, -0.05) is 23.5 Å². The highest BCUT2D eigenvalue weighted by molar-refractivity contribution is 8.13. The summed E-state index contributed by atoms with van der Waals surface area (Å²) in [5, 5.41) is 0.105. The van der Waals surface area contributed by atoms with Crippen LogP contribution in [0.4, 0.5) is 0 Å². The van der Waals surface area contributed by atoms with Crippen molar-refractivity contribution in [2.75, 3.05) is 24.7 Å². The zero-order valence-electron chi connectivity index (χ0n) is 21.5. The summed E-state index contributed by atoms with van der Waals surface area (Å²) in [5.41, 5.74) is 0. The Kier molecular flexibility index (Phi) is 12.0. The molecule has 0 amide bonds. The normalized spacial score (nSPS) is 16.8. The van der Waals surface area contributed by atoms with Gasteiger partial charge in [0.2, 0.25) is 0 Å². The molecule has 2 aromatic carbocycles. The van der Waals surface area contributed by atoms with E-state index in [2.05, 4.69) is 0 Å². The average molecular weight is 561 g/mol. The summed E-state index contributed by atoms with van der Waals surface area (Å²) >= 11 is 2.42. The molecule has 1 saturated carbocycles. The predicted octanol–water partition coefficient (Wildman–Crippen LogP) is 5.32. The molecule has 10 heteroatoms. The van der Waals surface area contributed by atoms with Gasteiger partial charge in [0.15, 0.2) is 10.2 Å². The minimum Gasteiger partial charge on any atom is -0.493 e. The van der Waals surface area contributed by atoms with Gasteiger partial charge < -0.3 is 18.9 Å². The molecule has 0 aromatic heterocycles. The van der Waals surface area contributed by atoms with Gasteiger partial charge >= 0.3 is 11.9 Å². The molecule has 38 heavy (non-hydrogen) atoms. The number of carbonyl (C=O) groups is 4. The van der Waals surface area contributed by atoms with Crippen LogP contribution in [0.5, 0.6) is 23.0 Å². The van der Waals surface area contributed by atoms with Crippen molar-refractivity contribution in [3.63, 3.8) is 0 Å². The Hall–Kier alpha value is -2.98. The Morgan fingerprint density at radius 2 is 0.921 bits per heavy atom. The van der Waals surface area contributed by atoms with E-state index in [0.717, 1.165) is 0 Å². The molecule has 3 rings (SSSR count). The lowest BCUT2D eigenvalue weighted by molar-refractivity contribution is -0.145. The van der Waals surface area contributed by atoms with Crippen molar-refractivity contribution in [1.29, 1.82) is 0 Å². The molecule has 1 aliphatic rings. The third-order valence-electron chi connectivity index (χ3n) is 5.79. The SMILES string of the molecule is CC(=O)SCCOc1ccc(OC(=O)[C@H]2CC[C@H](C(=O)Oc3ccc(OCCSC(C)=O)cc3)CC2)cc1. The highest BCUT2D eigenvalue weighted by Crippen LogP contribution is 2.32. The van der Waals surface area contributed by atoms with Crippen LogP contribution in [0.2, 0.25) is 0 Å². The number of rotatable bonds is 12. The van der Waals surface area contributed by atoms with Crippen molar-refractivity contribution in [2.45, 2.75) is 39.5 Å². The fourth-order valence-electron chi connectivity index (χ4n) is 3.86. The molecule has 0 spiro atoms. The first-order chi connectivity index (χ1) is 18.3. The third kappa shape index (κ3) is 10.4. The fraction of sp³-hybridized carbons (Fsp3) is 0.429. The first-order valence-electron chi connectivity index (χ1n) is 12.5. The second-order valence-corrected chi connectivity index (χ2v) is 11.3. The molecule has 1 fully saturated rings. The standard InChI is InChI=1S/C28H32O8S2/c1-19(29)37-17-15-33-23-7-11-25(12-8-23)35-27(31)21-3-5-22(6-4-21)28(32)36-26-13-9-24(10-14-26)34-16-18-38-20(2)30/h7-14,21-22H,3-6,15-18H2,1-2H3/t21-,22-. The molecule has 0 unspecified atom stereocenters. The molecule has 1 aliphatic carbocycles. The average Bonchev–Trinajstić information content (AvgIpc) is 2.91. The lowest BCUT2D eigenvalue weighted by Crippen LogP contribution is -2.30. The second kappa shape index (κ2) is 15.4. The van der Waals surface area contributed by atoms with Crippen LogP contribution >= 0.6 is 23.5 Å². The third-order valence-corrected chi connectivity index (χ3v) is 7.35. The van der Waals surface area contributed by atoms with Crippen LogP contribution < -0.4 is 18.9 Å². The number of carbonyl (C=O) groups excluding carboxylic acids is 4. The lowest BCUT2D eigenvalue weighted by Gasteiger charge is -2.25. The van der Waals surface area contributed by atoms with Crippen LogP contribution in [-0.2, 0) is 19.2 Å². The molecule has 8 nitrogen and oxygen atoms in total. The minimum absolute atomic E-state index is 0.0525. The summed E-state index contributed by atoms with van der Waals surface area (Å²) in [5.74, 6) is 2.16. The Bertz CT molecular complexity index is 990. The van der Waals surface area contributed by atoms with Gasteiger partial charge in [0.05, 0.1) is 25.0 Å². The molecule has 0 heterocycles. The van der Waals surface area contributed by atoms with Gasteiger partial charge in [0, 0.05) is 25.4 Å². The largest absolute Gasteiger partial charge is 0.493 e. The maximum atomic E-state index is 12.6. The minimum atomic E-state index is -0.305. The maximum absolute atomic E-state index is 12.6. The van der Waals surface area contributed by atoms with Gasteiger partial charge in [0.1, 0.15) is 23.0 Å². The number of thioether (sulfide) groups is 2. The van der Waals surface area contributed by atoms with Gasteiger partial charge in [-0.15, -0.1) is 0 Å². The molecular formula is C28H32O8S2. The Morgan fingerprint density at radius 3 is 1.24 bits per heavy atom. The monoisotopic (exact) mass is 560 g/mol. The maximum Gasteiger partial charge on any atom is 0.314 e. The van der Waals surface area contributed by atoms with Crippen LogP contribution in [0.25, 0.3) is 0 Å². The van der Waals surface area contributed by atoms with Crippen molar-refractivity contribution in [3.05, 3.63) is 48.5 Å². The van der Waals surface area contributed by atoms with E-state index >= 15 is 0 Å². The lowest BCUT2D eigenvalue weighted by atomic mass is 9.82. The van der Waals surface area contributed by atoms with Gasteiger partial charge in [-0.05, 0) is 74.2 Å². The number of ether oxygens (including phenoxy) is 4. The Morgan fingerprint density at radius 1 is 0.605 bits per heavy atom. The van der Waals surface area contributed by atoms with E-state index in [9.17, 15) is 19.2 Å². The van der Waals surface area contributed by atoms with Gasteiger partial charge in [-0.3, -0.25) is 19.2 Å². The van der Waals surface area contributed by atoms with E-state index in [-0.39, 0.29) is 34.0 Å². The highest BCUT2D eigenvalue weighted by Gasteiger charge is 2.32. The number of hydrogen-bond acceptors (Lipinski definition) is 10. The van der Waals surface area contributed by atoms with E-state index in [0.29, 0.717) is 73.4 Å². The van der Waals surface area contributed by atoms with Gasteiger partial charge in [0.25, 0.3) is 0 Å². The molecule has 0 bridgehead atoms. The first kappa shape index (κ1) is 29.6. The van der Waals surface area contributed by atoms with Crippen LogP contribution in [0.3, 0.4) is 0 Å². The molecule has 2 aromatic rings. The Balaban J connectivity index is 1.36. The van der Waals surface area contributed by atoms with E-state index in [4.69, 9.17) is 18.9 Å². The van der Waals surface area contributed by atoms with E-state index in [1.165, 1.54) is 37.4 Å². The summed E-state index contributed by atoms with van der Waals surface area (Å²) in [6, 6.07) is 13.6. The summed E-state index contributed by atoms with van der Waals surface area (Å²) in [4.78, 5) is 47.1. The molecule has 0 atom stereocenters. The topological polar surface area (TPSA) is 105 Å². The van der Waals surface area contributed by atoms with Crippen molar-refractivity contribution in [2.24, 2.45) is 11.8 Å². The Labute approximate surface area is 231 Å².